The van der Waals surface area contributed by atoms with Crippen LogP contribution in [0.4, 0.5) is 0 Å². The van der Waals surface area contributed by atoms with Crippen molar-refractivity contribution in [3.63, 3.8) is 0 Å². The topological polar surface area (TPSA) is 22.0 Å². The van der Waals surface area contributed by atoms with Gasteiger partial charge >= 0.3 is 0 Å². The van der Waals surface area contributed by atoms with Gasteiger partial charge in [-0.15, -0.1) is 11.6 Å². The number of hydrogen-bond acceptors (Lipinski definition) is 1. The lowest BCUT2D eigenvalue weighted by molar-refractivity contribution is 0.102. The van der Waals surface area contributed by atoms with E-state index >= 15 is 0 Å². The van der Waals surface area contributed by atoms with Crippen LogP contribution in [0.2, 0.25) is 0 Å². The van der Waals surface area contributed by atoms with E-state index < -0.39 is 0 Å². The van der Waals surface area contributed by atoms with Gasteiger partial charge in [-0.1, -0.05) is 20.8 Å². The van der Waals surface area contributed by atoms with Crippen LogP contribution in [-0.2, 0) is 6.54 Å². The molecule has 0 spiro atoms. The van der Waals surface area contributed by atoms with Gasteiger partial charge in [0.25, 0.3) is 0 Å². The quantitative estimate of drug-likeness (QED) is 0.579. The van der Waals surface area contributed by atoms with E-state index in [1.54, 1.807) is 0 Å². The number of nitrogens with zero attached hydrogens (tertiary/aromatic N) is 1. The first-order valence-electron chi connectivity index (χ1n) is 6.14. The highest BCUT2D eigenvalue weighted by Crippen LogP contribution is 2.20. The summed E-state index contributed by atoms with van der Waals surface area (Å²) in [6.45, 7) is 11.7. The molecule has 1 heterocycles. The first-order valence-corrected chi connectivity index (χ1v) is 6.67. The van der Waals surface area contributed by atoms with Gasteiger partial charge in [0.05, 0.1) is 5.88 Å². The van der Waals surface area contributed by atoms with E-state index in [0.717, 1.165) is 23.5 Å². The molecule has 1 unspecified atom stereocenters. The van der Waals surface area contributed by atoms with Gasteiger partial charge < -0.3 is 4.57 Å². The molecule has 0 N–H and O–H groups in total. The zero-order valence-electron chi connectivity index (χ0n) is 11.4. The molecule has 1 aromatic rings. The molecule has 2 nitrogen and oxygen atoms in total. The molecule has 0 fully saturated rings. The van der Waals surface area contributed by atoms with E-state index in [9.17, 15) is 4.79 Å². The highest BCUT2D eigenvalue weighted by molar-refractivity contribution is 6.30. The van der Waals surface area contributed by atoms with E-state index in [-0.39, 0.29) is 11.7 Å². The average Bonchev–Trinajstić information content (AvgIpc) is 2.55. The molecule has 3 heteroatoms. The number of Topliss-reactive ketones (excluding diaryl/α,β-unsaturated/α-hetero) is 1. The summed E-state index contributed by atoms with van der Waals surface area (Å²) in [5, 5.41) is 0. The maximum atomic E-state index is 11.7. The van der Waals surface area contributed by atoms with Crippen LogP contribution in [0.3, 0.4) is 0 Å². The van der Waals surface area contributed by atoms with Crippen LogP contribution in [0.25, 0.3) is 0 Å². The van der Waals surface area contributed by atoms with Crippen molar-refractivity contribution in [1.29, 1.82) is 0 Å². The van der Waals surface area contributed by atoms with Gasteiger partial charge in [0.15, 0.2) is 5.78 Å². The first kappa shape index (κ1) is 14.3. The van der Waals surface area contributed by atoms with Crippen LogP contribution in [0.15, 0.2) is 6.07 Å². The van der Waals surface area contributed by atoms with Crippen molar-refractivity contribution in [2.75, 3.05) is 5.88 Å². The second-order valence-corrected chi connectivity index (χ2v) is 5.44. The summed E-state index contributed by atoms with van der Waals surface area (Å²) in [7, 11) is 0. The van der Waals surface area contributed by atoms with Crippen molar-refractivity contribution in [1.82, 2.24) is 4.57 Å². The van der Waals surface area contributed by atoms with Crippen LogP contribution in [-0.4, -0.2) is 16.2 Å². The molecule has 0 aliphatic rings. The Hall–Kier alpha value is -0.760. The summed E-state index contributed by atoms with van der Waals surface area (Å²) in [6, 6.07) is 1.95. The molecule has 1 atom stereocenters. The Balaban J connectivity index is 3.01. The largest absolute Gasteiger partial charge is 0.348 e. The van der Waals surface area contributed by atoms with E-state index in [0.29, 0.717) is 11.8 Å². The number of hydrogen-bond donors (Lipinski definition) is 0. The van der Waals surface area contributed by atoms with Gasteiger partial charge in [0.1, 0.15) is 0 Å². The predicted molar refractivity (Wildman–Crippen MR) is 73.0 cm³/mol. The minimum Gasteiger partial charge on any atom is -0.348 e. The predicted octanol–water partition coefficient (Wildman–Crippen LogP) is 3.82. The number of rotatable bonds is 5. The van der Waals surface area contributed by atoms with E-state index in [2.05, 4.69) is 25.3 Å². The molecule has 17 heavy (non-hydrogen) atoms. The zero-order valence-corrected chi connectivity index (χ0v) is 12.1. The molecular formula is C14H22ClNO. The number of alkyl halides is 1. The summed E-state index contributed by atoms with van der Waals surface area (Å²) in [5.74, 6) is 1.31. The lowest BCUT2D eigenvalue weighted by Gasteiger charge is -2.19. The number of halogens is 1. The number of ketones is 1. The minimum atomic E-state index is 0.0169. The van der Waals surface area contributed by atoms with Crippen molar-refractivity contribution in [3.8, 4) is 0 Å². The molecule has 96 valence electrons. The zero-order chi connectivity index (χ0) is 13.2. The molecule has 0 bridgehead atoms. The molecule has 0 aromatic carbocycles. The highest BCUT2D eigenvalue weighted by Gasteiger charge is 2.17. The summed E-state index contributed by atoms with van der Waals surface area (Å²) in [6.07, 6.45) is 0. The first-order chi connectivity index (χ1) is 7.88. The van der Waals surface area contributed by atoms with Crippen LogP contribution in [0.1, 0.15) is 42.5 Å². The van der Waals surface area contributed by atoms with Crippen LogP contribution in [0.5, 0.6) is 0 Å². The third-order valence-corrected chi connectivity index (χ3v) is 3.85. The number of aryl methyl sites for hydroxylation is 1. The fourth-order valence-electron chi connectivity index (χ4n) is 1.94. The van der Waals surface area contributed by atoms with Gasteiger partial charge in [0.2, 0.25) is 0 Å². The van der Waals surface area contributed by atoms with Gasteiger partial charge in [0, 0.05) is 23.5 Å². The molecular weight excluding hydrogens is 234 g/mol. The molecule has 1 aromatic heterocycles. The van der Waals surface area contributed by atoms with Crippen molar-refractivity contribution in [2.45, 2.75) is 41.2 Å². The van der Waals surface area contributed by atoms with Crippen molar-refractivity contribution in [2.24, 2.45) is 11.8 Å². The Morgan fingerprint density at radius 2 is 1.94 bits per heavy atom. The molecule has 0 aliphatic carbocycles. The van der Waals surface area contributed by atoms with E-state index in [4.69, 9.17) is 11.6 Å². The normalized spacial score (nSPS) is 13.1. The lowest BCUT2D eigenvalue weighted by Crippen LogP contribution is -2.15. The number of aromatic nitrogens is 1. The fraction of sp³-hybridized carbons (Fsp3) is 0.643. The molecule has 1 rings (SSSR count). The van der Waals surface area contributed by atoms with Gasteiger partial charge in [-0.25, -0.2) is 0 Å². The Morgan fingerprint density at radius 3 is 2.41 bits per heavy atom. The highest BCUT2D eigenvalue weighted by atomic mass is 35.5. The van der Waals surface area contributed by atoms with Crippen LogP contribution >= 0.6 is 11.6 Å². The van der Waals surface area contributed by atoms with Crippen LogP contribution in [0, 0.1) is 25.7 Å². The van der Waals surface area contributed by atoms with Gasteiger partial charge in [-0.3, -0.25) is 4.79 Å². The average molecular weight is 256 g/mol. The lowest BCUT2D eigenvalue weighted by atomic mass is 9.98. The van der Waals surface area contributed by atoms with Gasteiger partial charge in [-0.2, -0.15) is 0 Å². The molecule has 0 saturated carbocycles. The standard InChI is InChI=1S/C14H22ClNO/c1-9(2)10(3)8-16-11(4)6-13(12(16)5)14(17)7-15/h6,9-10H,7-8H2,1-5H3. The maximum Gasteiger partial charge on any atom is 0.179 e. The monoisotopic (exact) mass is 255 g/mol. The van der Waals surface area contributed by atoms with Crippen molar-refractivity contribution in [3.05, 3.63) is 23.0 Å². The Kier molecular flexibility index (Phi) is 4.81. The van der Waals surface area contributed by atoms with Crippen molar-refractivity contribution >= 4 is 17.4 Å². The van der Waals surface area contributed by atoms with E-state index in [1.165, 1.54) is 0 Å². The molecule has 0 amide bonds. The minimum absolute atomic E-state index is 0.0169. The molecule has 0 saturated heterocycles. The SMILES string of the molecule is Cc1cc(C(=O)CCl)c(C)n1CC(C)C(C)C. The molecule has 0 radical (unpaired) electrons. The Morgan fingerprint density at radius 1 is 1.35 bits per heavy atom. The number of carbonyl (C=O) groups excluding carboxylic acids is 1. The maximum absolute atomic E-state index is 11.7. The number of carbonyl (C=O) groups is 1. The summed E-state index contributed by atoms with van der Waals surface area (Å²) in [5.41, 5.74) is 2.96. The van der Waals surface area contributed by atoms with Crippen LogP contribution < -0.4 is 0 Å². The van der Waals surface area contributed by atoms with E-state index in [1.807, 2.05) is 19.9 Å². The third kappa shape index (κ3) is 3.12. The molecule has 0 aliphatic heterocycles. The van der Waals surface area contributed by atoms with Gasteiger partial charge in [-0.05, 0) is 31.7 Å². The summed E-state index contributed by atoms with van der Waals surface area (Å²) < 4.78 is 2.23. The fourth-order valence-corrected chi connectivity index (χ4v) is 2.08. The summed E-state index contributed by atoms with van der Waals surface area (Å²) >= 11 is 5.62. The van der Waals surface area contributed by atoms with Crippen molar-refractivity contribution < 1.29 is 4.79 Å². The second-order valence-electron chi connectivity index (χ2n) is 5.17. The summed E-state index contributed by atoms with van der Waals surface area (Å²) in [4.78, 5) is 11.7. The smallest absolute Gasteiger partial charge is 0.179 e. The Bertz CT molecular complexity index is 407. The Labute approximate surface area is 109 Å². The second kappa shape index (κ2) is 5.72. The third-order valence-electron chi connectivity index (χ3n) is 3.60.